The minimum Gasteiger partial charge on any atom is -0.481 e. The maximum atomic E-state index is 13.3. The zero-order valence-corrected chi connectivity index (χ0v) is 20.0. The Morgan fingerprint density at radius 3 is 2.31 bits per heavy atom. The van der Waals surface area contributed by atoms with Crippen LogP contribution >= 0.6 is 0 Å². The van der Waals surface area contributed by atoms with Crippen LogP contribution in [-0.4, -0.2) is 41.8 Å². The molecule has 7 heteroatoms. The number of carboxylic acid groups (broad SMARTS) is 1. The van der Waals surface area contributed by atoms with Crippen LogP contribution in [0.4, 0.5) is 4.79 Å². The Kier molecular flexibility index (Phi) is 6.26. The molecule has 2 amide bonds. The predicted molar refractivity (Wildman–Crippen MR) is 131 cm³/mol. The van der Waals surface area contributed by atoms with E-state index in [-0.39, 0.29) is 36.2 Å². The number of rotatable bonds is 7. The van der Waals surface area contributed by atoms with Gasteiger partial charge in [0.25, 0.3) is 0 Å². The third-order valence-electron chi connectivity index (χ3n) is 7.88. The molecule has 35 heavy (non-hydrogen) atoms. The molecule has 184 valence electrons. The lowest BCUT2D eigenvalue weighted by molar-refractivity contribution is -0.139. The molecule has 5 rings (SSSR count). The molecule has 7 nitrogen and oxygen atoms in total. The van der Waals surface area contributed by atoms with E-state index >= 15 is 0 Å². The fourth-order valence-electron chi connectivity index (χ4n) is 5.93. The van der Waals surface area contributed by atoms with Crippen LogP contribution in [0.5, 0.6) is 0 Å². The molecule has 0 saturated heterocycles. The van der Waals surface area contributed by atoms with Crippen LogP contribution in [0.15, 0.2) is 48.5 Å². The zero-order chi connectivity index (χ0) is 24.6. The van der Waals surface area contributed by atoms with Crippen LogP contribution in [0, 0.1) is 17.8 Å². The van der Waals surface area contributed by atoms with Gasteiger partial charge < -0.3 is 20.5 Å². The Bertz CT molecular complexity index is 1100. The Labute approximate surface area is 205 Å². The molecule has 0 spiro atoms. The van der Waals surface area contributed by atoms with E-state index in [0.29, 0.717) is 25.8 Å². The van der Waals surface area contributed by atoms with Gasteiger partial charge in [0.2, 0.25) is 5.91 Å². The summed E-state index contributed by atoms with van der Waals surface area (Å²) in [4.78, 5) is 37.4. The maximum Gasteiger partial charge on any atom is 0.408 e. The van der Waals surface area contributed by atoms with E-state index in [1.54, 1.807) is 0 Å². The highest BCUT2D eigenvalue weighted by atomic mass is 16.5. The third-order valence-corrected chi connectivity index (χ3v) is 7.88. The van der Waals surface area contributed by atoms with Gasteiger partial charge in [-0.15, -0.1) is 0 Å². The molecule has 2 saturated carbocycles. The molecule has 0 heterocycles. The molecule has 2 aromatic carbocycles. The molecule has 4 atom stereocenters. The summed E-state index contributed by atoms with van der Waals surface area (Å²) < 4.78 is 5.73. The van der Waals surface area contributed by atoms with Crippen molar-refractivity contribution in [2.45, 2.75) is 50.5 Å². The number of ether oxygens (including phenoxy) is 1. The number of nitrogens with one attached hydrogen (secondary N) is 2. The lowest BCUT2D eigenvalue weighted by Gasteiger charge is -2.39. The van der Waals surface area contributed by atoms with E-state index in [1.165, 1.54) is 0 Å². The van der Waals surface area contributed by atoms with Crippen molar-refractivity contribution in [1.29, 1.82) is 0 Å². The van der Waals surface area contributed by atoms with E-state index in [1.807, 2.05) is 24.3 Å². The smallest absolute Gasteiger partial charge is 0.408 e. The molecule has 0 radical (unpaired) electrons. The Hall–Kier alpha value is -3.35. The highest BCUT2D eigenvalue weighted by Crippen LogP contribution is 2.44. The topological polar surface area (TPSA) is 105 Å². The van der Waals surface area contributed by atoms with E-state index in [4.69, 9.17) is 9.84 Å². The lowest BCUT2D eigenvalue weighted by Crippen LogP contribution is -2.61. The van der Waals surface area contributed by atoms with Crippen molar-refractivity contribution in [3.8, 4) is 11.1 Å². The Morgan fingerprint density at radius 2 is 1.71 bits per heavy atom. The van der Waals surface area contributed by atoms with Crippen LogP contribution < -0.4 is 10.6 Å². The van der Waals surface area contributed by atoms with Crippen LogP contribution in [0.25, 0.3) is 11.1 Å². The number of fused-ring (bicyclic) bond motifs is 3. The van der Waals surface area contributed by atoms with Crippen molar-refractivity contribution in [3.63, 3.8) is 0 Å². The van der Waals surface area contributed by atoms with E-state index < -0.39 is 17.6 Å². The predicted octanol–water partition coefficient (Wildman–Crippen LogP) is 4.31. The summed E-state index contributed by atoms with van der Waals surface area (Å²) in [5, 5.41) is 15.0. The highest BCUT2D eigenvalue weighted by molar-refractivity contribution is 5.90. The average molecular weight is 477 g/mol. The summed E-state index contributed by atoms with van der Waals surface area (Å²) in [7, 11) is 0. The summed E-state index contributed by atoms with van der Waals surface area (Å²) in [6.45, 7) is 2.59. The molecule has 2 aromatic rings. The van der Waals surface area contributed by atoms with E-state index in [9.17, 15) is 14.4 Å². The van der Waals surface area contributed by atoms with Gasteiger partial charge in [-0.3, -0.25) is 9.59 Å². The SMILES string of the molecule is CC1CCCC(NC(=O)OCC2c3ccccc3-c3ccccc32)(C(=O)NC[C@H]2C[C@H]2C(=O)O)C1. The van der Waals surface area contributed by atoms with Crippen LogP contribution in [0.3, 0.4) is 0 Å². The first-order valence-electron chi connectivity index (χ1n) is 12.5. The van der Waals surface area contributed by atoms with E-state index in [0.717, 1.165) is 35.1 Å². The number of carbonyl (C=O) groups excluding carboxylic acids is 2. The first-order valence-corrected chi connectivity index (χ1v) is 12.5. The van der Waals surface area contributed by atoms with Crippen LogP contribution in [-0.2, 0) is 14.3 Å². The molecule has 3 aliphatic rings. The van der Waals surface area contributed by atoms with Gasteiger partial charge in [-0.1, -0.05) is 68.3 Å². The molecule has 3 N–H and O–H groups in total. The van der Waals surface area contributed by atoms with Gasteiger partial charge in [-0.25, -0.2) is 4.79 Å². The number of aliphatic carboxylic acids is 1. The average Bonchev–Trinajstić information content (AvgIpc) is 3.57. The quantitative estimate of drug-likeness (QED) is 0.552. The summed E-state index contributed by atoms with van der Waals surface area (Å²) in [6.07, 6.45) is 2.91. The number of hydrogen-bond acceptors (Lipinski definition) is 4. The van der Waals surface area contributed by atoms with Crippen LogP contribution in [0.1, 0.15) is 56.1 Å². The van der Waals surface area contributed by atoms with Crippen LogP contribution in [0.2, 0.25) is 0 Å². The second kappa shape index (κ2) is 9.36. The lowest BCUT2D eigenvalue weighted by atomic mass is 9.75. The molecule has 2 unspecified atom stereocenters. The second-order valence-electron chi connectivity index (χ2n) is 10.4. The second-order valence-corrected chi connectivity index (χ2v) is 10.4. The number of hydrogen-bond donors (Lipinski definition) is 3. The number of carboxylic acids is 1. The Morgan fingerprint density at radius 1 is 1.06 bits per heavy atom. The molecule has 0 bridgehead atoms. The minimum absolute atomic E-state index is 0.0380. The van der Waals surface area contributed by atoms with Crippen molar-refractivity contribution in [3.05, 3.63) is 59.7 Å². The van der Waals surface area contributed by atoms with Crippen molar-refractivity contribution < 1.29 is 24.2 Å². The van der Waals surface area contributed by atoms with Crippen molar-refractivity contribution in [1.82, 2.24) is 10.6 Å². The molecule has 0 aromatic heterocycles. The van der Waals surface area contributed by atoms with Gasteiger partial charge in [0.1, 0.15) is 12.1 Å². The van der Waals surface area contributed by atoms with Gasteiger partial charge in [0.05, 0.1) is 5.92 Å². The summed E-state index contributed by atoms with van der Waals surface area (Å²) in [5.74, 6) is -1.24. The number of amides is 2. The van der Waals surface area contributed by atoms with E-state index in [2.05, 4.69) is 41.8 Å². The van der Waals surface area contributed by atoms with Gasteiger partial charge in [0, 0.05) is 12.5 Å². The summed E-state index contributed by atoms with van der Waals surface area (Å²) in [6, 6.07) is 16.3. The summed E-state index contributed by atoms with van der Waals surface area (Å²) >= 11 is 0. The monoisotopic (exact) mass is 476 g/mol. The minimum atomic E-state index is -1.03. The fraction of sp³-hybridized carbons (Fsp3) is 0.464. The first-order chi connectivity index (χ1) is 16.9. The molecule has 2 fully saturated rings. The third kappa shape index (κ3) is 4.64. The van der Waals surface area contributed by atoms with Gasteiger partial charge in [-0.2, -0.15) is 0 Å². The number of benzene rings is 2. The number of carbonyl (C=O) groups is 3. The number of alkyl carbamates (subject to hydrolysis) is 1. The summed E-state index contributed by atoms with van der Waals surface area (Å²) in [5.41, 5.74) is 3.56. The van der Waals surface area contributed by atoms with Crippen molar-refractivity contribution in [2.24, 2.45) is 17.8 Å². The molecule has 3 aliphatic carbocycles. The van der Waals surface area contributed by atoms with Gasteiger partial charge in [-0.05, 0) is 53.4 Å². The highest BCUT2D eigenvalue weighted by Gasteiger charge is 2.46. The standard InChI is InChI=1S/C28H32N2O5/c1-17-7-6-12-28(14-17,26(33)29-15-18-13-23(18)25(31)32)30-27(34)35-16-24-21-10-4-2-8-19(21)20-9-3-5-11-22(20)24/h2-5,8-11,17-18,23-24H,6-7,12-16H2,1H3,(H,29,33)(H,30,34)(H,31,32)/t17?,18-,23-,28?/m1/s1. The first kappa shape index (κ1) is 23.4. The Balaban J connectivity index is 1.25. The largest absolute Gasteiger partial charge is 0.481 e. The van der Waals surface area contributed by atoms with Crippen molar-refractivity contribution in [2.75, 3.05) is 13.2 Å². The molecule has 0 aliphatic heterocycles. The van der Waals surface area contributed by atoms with Gasteiger partial charge >= 0.3 is 12.1 Å². The maximum absolute atomic E-state index is 13.3. The fourth-order valence-corrected chi connectivity index (χ4v) is 5.93. The normalized spacial score (nSPS) is 26.8. The molecular formula is C28H32N2O5. The van der Waals surface area contributed by atoms with Gasteiger partial charge in [0.15, 0.2) is 0 Å². The molecular weight excluding hydrogens is 444 g/mol. The zero-order valence-electron chi connectivity index (χ0n) is 20.0. The van der Waals surface area contributed by atoms with Crippen molar-refractivity contribution >= 4 is 18.0 Å².